The Bertz CT molecular complexity index is 340. The fourth-order valence-electron chi connectivity index (χ4n) is 2.03. The van der Waals surface area contributed by atoms with Crippen molar-refractivity contribution >= 4 is 21.6 Å². The summed E-state index contributed by atoms with van der Waals surface area (Å²) in [5, 5.41) is 3.47. The van der Waals surface area contributed by atoms with Gasteiger partial charge in [0.15, 0.2) is 0 Å². The Hall–Kier alpha value is -0.540. The lowest BCUT2D eigenvalue weighted by Crippen LogP contribution is -2.24. The van der Waals surface area contributed by atoms with Crippen molar-refractivity contribution in [2.24, 2.45) is 5.92 Å². The zero-order chi connectivity index (χ0) is 10.7. The van der Waals surface area contributed by atoms with E-state index in [1.54, 1.807) is 7.11 Å². The minimum Gasteiger partial charge on any atom is -0.385 e. The monoisotopic (exact) mass is 269 g/mol. The third-order valence-corrected chi connectivity index (χ3v) is 3.38. The Morgan fingerprint density at radius 2 is 2.40 bits per heavy atom. The number of ether oxygens (including phenoxy) is 1. The standard InChI is InChI=1S/C12H16BrNO/c1-15-5-4-9-6-10-7-11(13)2-3-12(10)14-8-9/h2-3,7,9,14H,4-6,8H2,1H3. The van der Waals surface area contributed by atoms with Crippen molar-refractivity contribution in [1.29, 1.82) is 0 Å². The number of rotatable bonds is 3. The Balaban J connectivity index is 2.05. The van der Waals surface area contributed by atoms with E-state index in [1.165, 1.54) is 11.3 Å². The first-order chi connectivity index (χ1) is 7.29. The van der Waals surface area contributed by atoms with E-state index in [1.807, 2.05) is 0 Å². The molecule has 0 saturated carbocycles. The highest BCUT2D eigenvalue weighted by Crippen LogP contribution is 2.28. The average molecular weight is 270 g/mol. The van der Waals surface area contributed by atoms with Gasteiger partial charge in [-0.2, -0.15) is 0 Å². The Labute approximate surface area is 99.1 Å². The Morgan fingerprint density at radius 1 is 1.53 bits per heavy atom. The molecule has 0 aliphatic carbocycles. The Kier molecular flexibility index (Phi) is 3.65. The first-order valence-electron chi connectivity index (χ1n) is 5.31. The predicted molar refractivity (Wildman–Crippen MR) is 66.3 cm³/mol. The van der Waals surface area contributed by atoms with E-state index < -0.39 is 0 Å². The molecule has 2 nitrogen and oxygen atoms in total. The van der Waals surface area contributed by atoms with Gasteiger partial charge in [0.2, 0.25) is 0 Å². The molecule has 0 amide bonds. The van der Waals surface area contributed by atoms with Gasteiger partial charge in [-0.1, -0.05) is 15.9 Å². The number of methoxy groups -OCH3 is 1. The van der Waals surface area contributed by atoms with Crippen LogP contribution >= 0.6 is 15.9 Å². The van der Waals surface area contributed by atoms with E-state index in [9.17, 15) is 0 Å². The summed E-state index contributed by atoms with van der Waals surface area (Å²) in [6.45, 7) is 1.92. The van der Waals surface area contributed by atoms with E-state index in [0.717, 1.165) is 30.5 Å². The molecule has 1 N–H and O–H groups in total. The van der Waals surface area contributed by atoms with Crippen molar-refractivity contribution < 1.29 is 4.74 Å². The van der Waals surface area contributed by atoms with Crippen LogP contribution in [-0.2, 0) is 11.2 Å². The van der Waals surface area contributed by atoms with Crippen molar-refractivity contribution in [2.45, 2.75) is 12.8 Å². The first kappa shape index (κ1) is 11.0. The van der Waals surface area contributed by atoms with Crippen LogP contribution in [0.15, 0.2) is 22.7 Å². The molecule has 0 aromatic heterocycles. The summed E-state index contributed by atoms with van der Waals surface area (Å²) in [5.41, 5.74) is 2.70. The Morgan fingerprint density at radius 3 is 3.20 bits per heavy atom. The van der Waals surface area contributed by atoms with Gasteiger partial charge in [0.1, 0.15) is 0 Å². The SMILES string of the molecule is COCCC1CNc2ccc(Br)cc2C1. The molecular formula is C12H16BrNO. The molecule has 1 heterocycles. The van der Waals surface area contributed by atoms with Crippen LogP contribution < -0.4 is 5.32 Å². The van der Waals surface area contributed by atoms with Crippen molar-refractivity contribution in [3.8, 4) is 0 Å². The zero-order valence-corrected chi connectivity index (χ0v) is 10.5. The van der Waals surface area contributed by atoms with Gasteiger partial charge in [0, 0.05) is 30.4 Å². The lowest BCUT2D eigenvalue weighted by atomic mass is 9.92. The number of fused-ring (bicyclic) bond motifs is 1. The molecule has 0 fully saturated rings. The van der Waals surface area contributed by atoms with Gasteiger partial charge >= 0.3 is 0 Å². The molecular weight excluding hydrogens is 254 g/mol. The van der Waals surface area contributed by atoms with Gasteiger partial charge in [0.05, 0.1) is 0 Å². The van der Waals surface area contributed by atoms with Gasteiger partial charge in [-0.15, -0.1) is 0 Å². The van der Waals surface area contributed by atoms with E-state index in [4.69, 9.17) is 4.74 Å². The minimum atomic E-state index is 0.701. The summed E-state index contributed by atoms with van der Waals surface area (Å²) in [5.74, 6) is 0.701. The van der Waals surface area contributed by atoms with Crippen LogP contribution in [0.3, 0.4) is 0 Å². The van der Waals surface area contributed by atoms with Crippen LogP contribution in [0.1, 0.15) is 12.0 Å². The van der Waals surface area contributed by atoms with E-state index in [-0.39, 0.29) is 0 Å². The molecule has 1 aliphatic rings. The molecule has 15 heavy (non-hydrogen) atoms. The molecule has 1 aromatic rings. The summed E-state index contributed by atoms with van der Waals surface area (Å²) >= 11 is 3.51. The number of nitrogens with one attached hydrogen (secondary N) is 1. The predicted octanol–water partition coefficient (Wildman–Crippen LogP) is 3.07. The number of halogens is 1. The summed E-state index contributed by atoms with van der Waals surface area (Å²) in [7, 11) is 1.76. The van der Waals surface area contributed by atoms with Crippen molar-refractivity contribution in [3.05, 3.63) is 28.2 Å². The zero-order valence-electron chi connectivity index (χ0n) is 8.92. The van der Waals surface area contributed by atoms with Crippen LogP contribution in [0.25, 0.3) is 0 Å². The van der Waals surface area contributed by atoms with Crippen LogP contribution in [0.2, 0.25) is 0 Å². The number of hydrogen-bond donors (Lipinski definition) is 1. The highest BCUT2D eigenvalue weighted by Gasteiger charge is 2.17. The lowest BCUT2D eigenvalue weighted by Gasteiger charge is -2.26. The minimum absolute atomic E-state index is 0.701. The van der Waals surface area contributed by atoms with Gasteiger partial charge in [0.25, 0.3) is 0 Å². The van der Waals surface area contributed by atoms with Gasteiger partial charge < -0.3 is 10.1 Å². The van der Waals surface area contributed by atoms with Crippen molar-refractivity contribution in [2.75, 3.05) is 25.6 Å². The van der Waals surface area contributed by atoms with Crippen LogP contribution in [0.4, 0.5) is 5.69 Å². The molecule has 0 spiro atoms. The van der Waals surface area contributed by atoms with E-state index in [0.29, 0.717) is 5.92 Å². The van der Waals surface area contributed by atoms with Gasteiger partial charge in [-0.3, -0.25) is 0 Å². The molecule has 1 aromatic carbocycles. The van der Waals surface area contributed by atoms with Crippen LogP contribution in [0.5, 0.6) is 0 Å². The molecule has 1 unspecified atom stereocenters. The molecule has 2 rings (SSSR count). The largest absolute Gasteiger partial charge is 0.385 e. The maximum Gasteiger partial charge on any atom is 0.0465 e. The number of hydrogen-bond acceptors (Lipinski definition) is 2. The van der Waals surface area contributed by atoms with Crippen molar-refractivity contribution in [1.82, 2.24) is 0 Å². The third kappa shape index (κ3) is 2.73. The highest BCUT2D eigenvalue weighted by atomic mass is 79.9. The maximum absolute atomic E-state index is 5.12. The van der Waals surface area contributed by atoms with Crippen molar-refractivity contribution in [3.63, 3.8) is 0 Å². The molecule has 0 bridgehead atoms. The molecule has 0 radical (unpaired) electrons. The third-order valence-electron chi connectivity index (χ3n) is 2.89. The molecule has 1 aliphatic heterocycles. The summed E-state index contributed by atoms with van der Waals surface area (Å²) in [6.07, 6.45) is 2.29. The van der Waals surface area contributed by atoms with E-state index in [2.05, 4.69) is 39.4 Å². The second-order valence-corrected chi connectivity index (χ2v) is 4.95. The lowest BCUT2D eigenvalue weighted by molar-refractivity contribution is 0.178. The second-order valence-electron chi connectivity index (χ2n) is 4.03. The molecule has 3 heteroatoms. The second kappa shape index (κ2) is 4.99. The summed E-state index contributed by atoms with van der Waals surface area (Å²) in [6, 6.07) is 6.44. The first-order valence-corrected chi connectivity index (χ1v) is 6.10. The van der Waals surface area contributed by atoms with Crippen LogP contribution in [-0.4, -0.2) is 20.3 Å². The molecule has 1 atom stereocenters. The molecule has 82 valence electrons. The highest BCUT2D eigenvalue weighted by molar-refractivity contribution is 9.10. The van der Waals surface area contributed by atoms with Gasteiger partial charge in [-0.05, 0) is 42.5 Å². The quantitative estimate of drug-likeness (QED) is 0.911. The smallest absolute Gasteiger partial charge is 0.0465 e. The van der Waals surface area contributed by atoms with Crippen LogP contribution in [0, 0.1) is 5.92 Å². The molecule has 0 saturated heterocycles. The van der Waals surface area contributed by atoms with Gasteiger partial charge in [-0.25, -0.2) is 0 Å². The number of anilines is 1. The van der Waals surface area contributed by atoms with E-state index >= 15 is 0 Å². The maximum atomic E-state index is 5.12. The normalized spacial score (nSPS) is 19.5. The average Bonchev–Trinajstić information content (AvgIpc) is 2.25. The fourth-order valence-corrected chi connectivity index (χ4v) is 2.44. The fraction of sp³-hybridized carbons (Fsp3) is 0.500. The topological polar surface area (TPSA) is 21.3 Å². The summed E-state index contributed by atoms with van der Waals surface area (Å²) in [4.78, 5) is 0. The number of benzene rings is 1. The summed E-state index contributed by atoms with van der Waals surface area (Å²) < 4.78 is 6.28.